The highest BCUT2D eigenvalue weighted by atomic mass is 16.5. The van der Waals surface area contributed by atoms with Gasteiger partial charge in [-0.2, -0.15) is 0 Å². The molecule has 1 heterocycles. The van der Waals surface area contributed by atoms with Gasteiger partial charge in [0, 0.05) is 18.7 Å². The summed E-state index contributed by atoms with van der Waals surface area (Å²) in [5.41, 5.74) is 7.18. The first kappa shape index (κ1) is 12.5. The average molecular weight is 250 g/mol. The van der Waals surface area contributed by atoms with Crippen molar-refractivity contribution in [3.8, 4) is 11.5 Å². The molecule has 2 aromatic rings. The zero-order valence-corrected chi connectivity index (χ0v) is 10.6. The number of hydrogen-bond acceptors (Lipinski definition) is 5. The fraction of sp³-hybridized carbons (Fsp3) is 0.417. The van der Waals surface area contributed by atoms with E-state index in [1.165, 1.54) is 0 Å². The summed E-state index contributed by atoms with van der Waals surface area (Å²) in [6.07, 6.45) is 0.906. The molecule has 0 atom stereocenters. The van der Waals surface area contributed by atoms with Crippen LogP contribution in [0.25, 0.3) is 11.0 Å². The third-order valence-corrected chi connectivity index (χ3v) is 2.66. The lowest BCUT2D eigenvalue weighted by Gasteiger charge is -2.06. The molecule has 1 aromatic carbocycles. The van der Waals surface area contributed by atoms with Crippen LogP contribution < -0.4 is 20.5 Å². The number of hydrogen-bond donors (Lipinski definition) is 3. The second-order valence-corrected chi connectivity index (χ2v) is 3.88. The summed E-state index contributed by atoms with van der Waals surface area (Å²) in [6.45, 7) is 1.46. The molecule has 2 rings (SSSR count). The number of aromatic amines is 1. The van der Waals surface area contributed by atoms with Crippen LogP contribution in [0.15, 0.2) is 12.1 Å². The van der Waals surface area contributed by atoms with Crippen LogP contribution in [0.4, 0.5) is 5.95 Å². The van der Waals surface area contributed by atoms with Crippen LogP contribution in [0.3, 0.4) is 0 Å². The van der Waals surface area contributed by atoms with Crippen LogP contribution in [-0.4, -0.2) is 37.3 Å². The highest BCUT2D eigenvalue weighted by Crippen LogP contribution is 2.31. The van der Waals surface area contributed by atoms with Crippen molar-refractivity contribution in [1.82, 2.24) is 9.97 Å². The Bertz CT molecular complexity index is 483. The molecule has 0 unspecified atom stereocenters. The molecule has 0 aliphatic carbocycles. The zero-order chi connectivity index (χ0) is 13.0. The lowest BCUT2D eigenvalue weighted by molar-refractivity contribution is 0.356. The second-order valence-electron chi connectivity index (χ2n) is 3.88. The molecule has 0 saturated heterocycles. The number of nitrogens with one attached hydrogen (secondary N) is 2. The van der Waals surface area contributed by atoms with E-state index >= 15 is 0 Å². The van der Waals surface area contributed by atoms with Crippen molar-refractivity contribution in [3.63, 3.8) is 0 Å². The van der Waals surface area contributed by atoms with Gasteiger partial charge in [0.1, 0.15) is 0 Å². The quantitative estimate of drug-likeness (QED) is 0.674. The molecule has 18 heavy (non-hydrogen) atoms. The van der Waals surface area contributed by atoms with Gasteiger partial charge in [-0.05, 0) is 13.0 Å². The Morgan fingerprint density at radius 2 is 2.00 bits per heavy atom. The topological polar surface area (TPSA) is 85.2 Å². The highest BCUT2D eigenvalue weighted by molar-refractivity contribution is 5.81. The van der Waals surface area contributed by atoms with Crippen molar-refractivity contribution < 1.29 is 9.47 Å². The van der Waals surface area contributed by atoms with E-state index in [0.29, 0.717) is 18.0 Å². The lowest BCUT2D eigenvalue weighted by Crippen LogP contribution is -2.09. The lowest BCUT2D eigenvalue weighted by atomic mass is 10.3. The Morgan fingerprint density at radius 1 is 1.28 bits per heavy atom. The average Bonchev–Trinajstić information content (AvgIpc) is 2.78. The number of H-pyrrole nitrogens is 1. The number of ether oxygens (including phenoxy) is 2. The Balaban J connectivity index is 2.27. The van der Waals surface area contributed by atoms with Crippen LogP contribution in [0, 0.1) is 0 Å². The van der Waals surface area contributed by atoms with E-state index in [0.717, 1.165) is 29.9 Å². The van der Waals surface area contributed by atoms with E-state index in [1.807, 2.05) is 12.1 Å². The molecular weight excluding hydrogens is 232 g/mol. The van der Waals surface area contributed by atoms with Crippen molar-refractivity contribution in [3.05, 3.63) is 12.1 Å². The van der Waals surface area contributed by atoms with Gasteiger partial charge in [-0.25, -0.2) is 4.98 Å². The van der Waals surface area contributed by atoms with Crippen LogP contribution in [0.2, 0.25) is 0 Å². The van der Waals surface area contributed by atoms with Gasteiger partial charge in [0.15, 0.2) is 11.5 Å². The number of fused-ring (bicyclic) bond motifs is 1. The van der Waals surface area contributed by atoms with Crippen LogP contribution in [0.1, 0.15) is 6.42 Å². The highest BCUT2D eigenvalue weighted by Gasteiger charge is 2.09. The standard InChI is InChI=1S/C12H18N4O2/c1-17-10-6-8-9(7-11(10)18-2)16-12(15-8)14-5-3-4-13/h6-7H,3-5,13H2,1-2H3,(H2,14,15,16). The summed E-state index contributed by atoms with van der Waals surface area (Å²) in [6, 6.07) is 3.72. The van der Waals surface area contributed by atoms with Gasteiger partial charge < -0.3 is 25.5 Å². The molecule has 0 fully saturated rings. The first-order valence-electron chi connectivity index (χ1n) is 5.84. The fourth-order valence-electron chi connectivity index (χ4n) is 1.73. The number of nitrogens with zero attached hydrogens (tertiary/aromatic N) is 1. The summed E-state index contributed by atoms with van der Waals surface area (Å²) in [5, 5.41) is 3.18. The van der Waals surface area contributed by atoms with E-state index < -0.39 is 0 Å². The number of anilines is 1. The van der Waals surface area contributed by atoms with Gasteiger partial charge >= 0.3 is 0 Å². The molecule has 0 saturated carbocycles. The van der Waals surface area contributed by atoms with Gasteiger partial charge in [0.2, 0.25) is 5.95 Å². The first-order chi connectivity index (χ1) is 8.78. The maximum absolute atomic E-state index is 5.44. The van der Waals surface area contributed by atoms with E-state index in [1.54, 1.807) is 14.2 Å². The molecule has 6 heteroatoms. The van der Waals surface area contributed by atoms with Gasteiger partial charge in [-0.15, -0.1) is 0 Å². The van der Waals surface area contributed by atoms with Crippen LogP contribution >= 0.6 is 0 Å². The molecule has 4 N–H and O–H groups in total. The van der Waals surface area contributed by atoms with Crippen molar-refractivity contribution in [2.75, 3.05) is 32.6 Å². The van der Waals surface area contributed by atoms with Crippen LogP contribution in [0.5, 0.6) is 11.5 Å². The second kappa shape index (κ2) is 5.59. The van der Waals surface area contributed by atoms with E-state index in [9.17, 15) is 0 Å². The van der Waals surface area contributed by atoms with Crippen molar-refractivity contribution in [2.24, 2.45) is 5.73 Å². The van der Waals surface area contributed by atoms with Gasteiger partial charge in [-0.1, -0.05) is 0 Å². The number of methoxy groups -OCH3 is 2. The number of imidazole rings is 1. The molecule has 0 spiro atoms. The molecule has 0 aliphatic rings. The SMILES string of the molecule is COc1cc2nc(NCCCN)[nH]c2cc1OC. The third-order valence-electron chi connectivity index (χ3n) is 2.66. The first-order valence-corrected chi connectivity index (χ1v) is 5.84. The minimum atomic E-state index is 0.662. The van der Waals surface area contributed by atoms with Gasteiger partial charge in [0.25, 0.3) is 0 Å². The largest absolute Gasteiger partial charge is 0.493 e. The Kier molecular flexibility index (Phi) is 3.88. The molecule has 0 radical (unpaired) electrons. The third kappa shape index (κ3) is 2.48. The van der Waals surface area contributed by atoms with Gasteiger partial charge in [0.05, 0.1) is 25.3 Å². The Labute approximate surface area is 105 Å². The minimum absolute atomic E-state index is 0.662. The summed E-state index contributed by atoms with van der Waals surface area (Å²) in [5.74, 6) is 2.08. The number of benzene rings is 1. The maximum atomic E-state index is 5.44. The molecule has 0 amide bonds. The van der Waals surface area contributed by atoms with Gasteiger partial charge in [-0.3, -0.25) is 0 Å². The van der Waals surface area contributed by atoms with Crippen molar-refractivity contribution >= 4 is 17.0 Å². The predicted molar refractivity (Wildman–Crippen MR) is 71.4 cm³/mol. The van der Waals surface area contributed by atoms with E-state index in [-0.39, 0.29) is 0 Å². The number of nitrogens with two attached hydrogens (primary N) is 1. The summed E-state index contributed by atoms with van der Waals surface area (Å²) in [7, 11) is 3.22. The van der Waals surface area contributed by atoms with Crippen molar-refractivity contribution in [2.45, 2.75) is 6.42 Å². The minimum Gasteiger partial charge on any atom is -0.493 e. The maximum Gasteiger partial charge on any atom is 0.201 e. The summed E-state index contributed by atoms with van der Waals surface area (Å²) < 4.78 is 10.5. The smallest absolute Gasteiger partial charge is 0.201 e. The zero-order valence-electron chi connectivity index (χ0n) is 10.6. The molecule has 98 valence electrons. The molecular formula is C12H18N4O2. The van der Waals surface area contributed by atoms with Crippen LogP contribution in [-0.2, 0) is 0 Å². The molecule has 0 aliphatic heterocycles. The summed E-state index contributed by atoms with van der Waals surface area (Å²) >= 11 is 0. The number of aromatic nitrogens is 2. The molecule has 1 aromatic heterocycles. The fourth-order valence-corrected chi connectivity index (χ4v) is 1.73. The van der Waals surface area contributed by atoms with Crippen molar-refractivity contribution in [1.29, 1.82) is 0 Å². The van der Waals surface area contributed by atoms with E-state index in [2.05, 4.69) is 15.3 Å². The molecule has 6 nitrogen and oxygen atoms in total. The Hall–Kier alpha value is -1.95. The summed E-state index contributed by atoms with van der Waals surface area (Å²) in [4.78, 5) is 7.61. The normalized spacial score (nSPS) is 10.6. The Morgan fingerprint density at radius 3 is 2.67 bits per heavy atom. The number of rotatable bonds is 6. The molecule has 0 bridgehead atoms. The monoisotopic (exact) mass is 250 g/mol. The van der Waals surface area contributed by atoms with E-state index in [4.69, 9.17) is 15.2 Å². The predicted octanol–water partition coefficient (Wildman–Crippen LogP) is 1.34.